The second-order valence-corrected chi connectivity index (χ2v) is 7.39. The Kier molecular flexibility index (Phi) is 3.21. The second kappa shape index (κ2) is 4.56. The van der Waals surface area contributed by atoms with Crippen LogP contribution in [0.4, 0.5) is 0 Å². The summed E-state index contributed by atoms with van der Waals surface area (Å²) in [5.74, 6) is 0. The van der Waals surface area contributed by atoms with Gasteiger partial charge in [-0.2, -0.15) is 0 Å². The zero-order valence-electron chi connectivity index (χ0n) is 12.3. The number of fused-ring (bicyclic) bond motifs is 1. The van der Waals surface area contributed by atoms with E-state index in [1.807, 2.05) is 18.2 Å². The van der Waals surface area contributed by atoms with Gasteiger partial charge in [-0.1, -0.05) is 12.1 Å². The predicted octanol–water partition coefficient (Wildman–Crippen LogP) is 2.69. The minimum atomic E-state index is -0.357. The Morgan fingerprint density at radius 2 is 1.80 bits per heavy atom. The highest BCUT2D eigenvalue weighted by atomic mass is 32.1. The van der Waals surface area contributed by atoms with Crippen molar-refractivity contribution in [1.29, 1.82) is 0 Å². The summed E-state index contributed by atoms with van der Waals surface area (Å²) in [7, 11) is -0.357. The monoisotopic (exact) mass is 290 g/mol. The van der Waals surface area contributed by atoms with Gasteiger partial charge in [0.2, 0.25) is 0 Å². The first-order valence-electron chi connectivity index (χ1n) is 6.82. The average Bonchev–Trinajstić information content (AvgIpc) is 2.87. The van der Waals surface area contributed by atoms with Crippen molar-refractivity contribution in [3.05, 3.63) is 29.1 Å². The molecule has 1 N–H and O–H groups in total. The van der Waals surface area contributed by atoms with Crippen LogP contribution in [0.15, 0.2) is 24.3 Å². The van der Waals surface area contributed by atoms with Gasteiger partial charge in [0, 0.05) is 9.58 Å². The summed E-state index contributed by atoms with van der Waals surface area (Å²) in [5.41, 5.74) is 0.364. The van der Waals surface area contributed by atoms with E-state index in [0.717, 1.165) is 20.4 Å². The van der Waals surface area contributed by atoms with E-state index in [1.165, 1.54) is 0 Å². The van der Waals surface area contributed by atoms with Crippen molar-refractivity contribution in [1.82, 2.24) is 0 Å². The van der Waals surface area contributed by atoms with Crippen LogP contribution in [0.25, 0.3) is 10.1 Å². The summed E-state index contributed by atoms with van der Waals surface area (Å²) in [6.07, 6.45) is 0. The van der Waals surface area contributed by atoms with Crippen molar-refractivity contribution >= 4 is 34.0 Å². The summed E-state index contributed by atoms with van der Waals surface area (Å²) in [6.45, 7) is 8.29. The summed E-state index contributed by atoms with van der Waals surface area (Å²) in [4.78, 5) is 0.962. The first-order chi connectivity index (χ1) is 9.34. The molecule has 1 aliphatic heterocycles. The lowest BCUT2D eigenvalue weighted by Gasteiger charge is -2.32. The maximum atomic E-state index is 9.31. The number of hydrogen-bond acceptors (Lipinski definition) is 4. The van der Waals surface area contributed by atoms with Crippen molar-refractivity contribution in [3.8, 4) is 0 Å². The van der Waals surface area contributed by atoms with Crippen LogP contribution in [0.1, 0.15) is 32.6 Å². The van der Waals surface area contributed by atoms with Crippen molar-refractivity contribution in [3.63, 3.8) is 0 Å². The van der Waals surface area contributed by atoms with Gasteiger partial charge in [-0.25, -0.2) is 0 Å². The van der Waals surface area contributed by atoms with Crippen LogP contribution in [0.3, 0.4) is 0 Å². The normalized spacial score (nSPS) is 20.8. The molecule has 20 heavy (non-hydrogen) atoms. The molecule has 1 aromatic carbocycles. The molecule has 0 aliphatic carbocycles. The largest absolute Gasteiger partial charge is 0.495 e. The number of aliphatic hydroxyl groups is 1. The number of hydrogen-bond donors (Lipinski definition) is 1. The van der Waals surface area contributed by atoms with E-state index < -0.39 is 0 Å². The Labute approximate surface area is 123 Å². The maximum absolute atomic E-state index is 9.31. The zero-order valence-corrected chi connectivity index (χ0v) is 13.1. The topological polar surface area (TPSA) is 38.7 Å². The van der Waals surface area contributed by atoms with E-state index >= 15 is 0 Å². The highest BCUT2D eigenvalue weighted by molar-refractivity contribution is 7.19. The quantitative estimate of drug-likeness (QED) is 0.864. The third kappa shape index (κ3) is 2.09. The van der Waals surface area contributed by atoms with Crippen molar-refractivity contribution in [2.24, 2.45) is 0 Å². The van der Waals surface area contributed by atoms with Crippen LogP contribution >= 0.6 is 11.3 Å². The molecule has 3 nitrogen and oxygen atoms in total. The molecule has 1 aromatic heterocycles. The van der Waals surface area contributed by atoms with Gasteiger partial charge in [-0.3, -0.25) is 0 Å². The fourth-order valence-electron chi connectivity index (χ4n) is 2.39. The lowest BCUT2D eigenvalue weighted by atomic mass is 9.77. The standard InChI is InChI=1S/C15H19BO3S/c1-14(2)15(3,4)19-16(18-14)12-6-5-7-13-11(12)8-10(9-17)20-13/h5-8,17H,9H2,1-4H3. The Hall–Kier alpha value is -0.875. The number of benzene rings is 1. The van der Waals surface area contributed by atoms with Gasteiger partial charge in [-0.05, 0) is 50.7 Å². The van der Waals surface area contributed by atoms with Crippen molar-refractivity contribution in [2.45, 2.75) is 45.5 Å². The molecule has 106 valence electrons. The van der Waals surface area contributed by atoms with Crippen LogP contribution < -0.4 is 5.46 Å². The van der Waals surface area contributed by atoms with E-state index in [2.05, 4.69) is 33.8 Å². The molecule has 0 unspecified atom stereocenters. The number of rotatable bonds is 2. The Morgan fingerprint density at radius 3 is 2.40 bits per heavy atom. The van der Waals surface area contributed by atoms with Crippen LogP contribution in [0.5, 0.6) is 0 Å². The minimum absolute atomic E-state index is 0.0716. The molecule has 0 bridgehead atoms. The Balaban J connectivity index is 2.05. The molecular formula is C15H19BO3S. The van der Waals surface area contributed by atoms with E-state index in [4.69, 9.17) is 9.31 Å². The van der Waals surface area contributed by atoms with E-state index in [9.17, 15) is 5.11 Å². The predicted molar refractivity (Wildman–Crippen MR) is 83.5 cm³/mol. The molecule has 3 rings (SSSR count). The molecule has 5 heteroatoms. The minimum Gasteiger partial charge on any atom is -0.399 e. The van der Waals surface area contributed by atoms with Crippen LogP contribution in [-0.2, 0) is 15.9 Å². The van der Waals surface area contributed by atoms with Crippen LogP contribution in [0.2, 0.25) is 0 Å². The third-order valence-electron chi connectivity index (χ3n) is 4.31. The molecule has 0 atom stereocenters. The molecule has 0 saturated carbocycles. The molecule has 1 saturated heterocycles. The molecule has 0 amide bonds. The Morgan fingerprint density at radius 1 is 1.15 bits per heavy atom. The average molecular weight is 290 g/mol. The van der Waals surface area contributed by atoms with Gasteiger partial charge >= 0.3 is 7.12 Å². The number of thiophene rings is 1. The van der Waals surface area contributed by atoms with Gasteiger partial charge in [0.15, 0.2) is 0 Å². The van der Waals surface area contributed by atoms with Crippen LogP contribution in [0, 0.1) is 0 Å². The SMILES string of the molecule is CC1(C)OB(c2cccc3sc(CO)cc23)OC1(C)C. The number of aliphatic hydroxyl groups excluding tert-OH is 1. The molecule has 0 radical (unpaired) electrons. The Bertz CT molecular complexity index is 632. The first kappa shape index (κ1) is 14.1. The van der Waals surface area contributed by atoms with E-state index in [1.54, 1.807) is 11.3 Å². The molecule has 0 spiro atoms. The fourth-order valence-corrected chi connectivity index (χ4v) is 3.35. The lowest BCUT2D eigenvalue weighted by molar-refractivity contribution is 0.00578. The molecular weight excluding hydrogens is 271 g/mol. The highest BCUT2D eigenvalue weighted by Crippen LogP contribution is 2.37. The molecule has 1 aliphatic rings. The zero-order chi connectivity index (χ0) is 14.5. The van der Waals surface area contributed by atoms with Crippen molar-refractivity contribution < 1.29 is 14.4 Å². The smallest absolute Gasteiger partial charge is 0.399 e. The highest BCUT2D eigenvalue weighted by Gasteiger charge is 2.52. The maximum Gasteiger partial charge on any atom is 0.495 e. The van der Waals surface area contributed by atoms with Gasteiger partial charge in [0.05, 0.1) is 17.8 Å². The lowest BCUT2D eigenvalue weighted by Crippen LogP contribution is -2.41. The summed E-state index contributed by atoms with van der Waals surface area (Å²) >= 11 is 1.61. The summed E-state index contributed by atoms with van der Waals surface area (Å²) < 4.78 is 13.4. The van der Waals surface area contributed by atoms with Gasteiger partial charge < -0.3 is 14.4 Å². The fraction of sp³-hybridized carbons (Fsp3) is 0.467. The van der Waals surface area contributed by atoms with Gasteiger partial charge in [0.25, 0.3) is 0 Å². The molecule has 2 aromatic rings. The molecule has 1 fully saturated rings. The van der Waals surface area contributed by atoms with E-state index in [0.29, 0.717) is 0 Å². The summed E-state index contributed by atoms with van der Waals surface area (Å²) in [6, 6.07) is 8.15. The second-order valence-electron chi connectivity index (χ2n) is 6.22. The van der Waals surface area contributed by atoms with Gasteiger partial charge in [-0.15, -0.1) is 11.3 Å². The van der Waals surface area contributed by atoms with Crippen LogP contribution in [-0.4, -0.2) is 23.4 Å². The van der Waals surface area contributed by atoms with E-state index in [-0.39, 0.29) is 24.9 Å². The molecule has 2 heterocycles. The summed E-state index contributed by atoms with van der Waals surface area (Å²) in [5, 5.41) is 10.4. The van der Waals surface area contributed by atoms with Gasteiger partial charge in [0.1, 0.15) is 0 Å². The third-order valence-corrected chi connectivity index (χ3v) is 5.39. The van der Waals surface area contributed by atoms with Crippen molar-refractivity contribution in [2.75, 3.05) is 0 Å². The first-order valence-corrected chi connectivity index (χ1v) is 7.63.